The van der Waals surface area contributed by atoms with Gasteiger partial charge in [0.25, 0.3) is 5.91 Å². The standard InChI is InChI=1S/C12H11BrN2O2S/c1-7-3-8(13)5-14-11(7)15-12(16)10-4-9(17-2)6-18-10/h3-6H,1-2H3,(H,14,15,16). The minimum absolute atomic E-state index is 0.179. The summed E-state index contributed by atoms with van der Waals surface area (Å²) in [5.41, 5.74) is 0.904. The molecule has 0 atom stereocenters. The second-order valence-electron chi connectivity index (χ2n) is 3.62. The lowest BCUT2D eigenvalue weighted by atomic mass is 10.3. The van der Waals surface area contributed by atoms with Crippen molar-refractivity contribution in [2.24, 2.45) is 0 Å². The molecule has 2 aromatic rings. The maximum atomic E-state index is 12.0. The van der Waals surface area contributed by atoms with Gasteiger partial charge in [0.15, 0.2) is 0 Å². The number of rotatable bonds is 3. The lowest BCUT2D eigenvalue weighted by Crippen LogP contribution is -2.12. The number of nitrogens with zero attached hydrogens (tertiary/aromatic N) is 1. The molecule has 1 N–H and O–H groups in total. The number of aryl methyl sites for hydroxylation is 1. The van der Waals surface area contributed by atoms with Crippen LogP contribution < -0.4 is 10.1 Å². The Balaban J connectivity index is 2.16. The van der Waals surface area contributed by atoms with E-state index in [-0.39, 0.29) is 5.91 Å². The van der Waals surface area contributed by atoms with Crippen LogP contribution in [0, 0.1) is 6.92 Å². The molecule has 0 aromatic carbocycles. The third-order valence-electron chi connectivity index (χ3n) is 2.31. The molecule has 0 bridgehead atoms. The van der Waals surface area contributed by atoms with Crippen LogP contribution in [0.25, 0.3) is 0 Å². The van der Waals surface area contributed by atoms with E-state index in [0.717, 1.165) is 10.0 Å². The normalized spacial score (nSPS) is 10.2. The molecular weight excluding hydrogens is 316 g/mol. The van der Waals surface area contributed by atoms with Gasteiger partial charge in [0, 0.05) is 22.1 Å². The summed E-state index contributed by atoms with van der Waals surface area (Å²) >= 11 is 4.67. The highest BCUT2D eigenvalue weighted by molar-refractivity contribution is 9.10. The van der Waals surface area contributed by atoms with E-state index in [0.29, 0.717) is 16.4 Å². The van der Waals surface area contributed by atoms with Crippen LogP contribution in [-0.4, -0.2) is 18.0 Å². The minimum atomic E-state index is -0.179. The molecule has 0 aliphatic carbocycles. The summed E-state index contributed by atoms with van der Waals surface area (Å²) in [6.07, 6.45) is 1.65. The molecule has 2 heterocycles. The van der Waals surface area contributed by atoms with Crippen LogP contribution in [0.2, 0.25) is 0 Å². The molecule has 0 saturated carbocycles. The van der Waals surface area contributed by atoms with Crippen LogP contribution in [0.15, 0.2) is 28.2 Å². The highest BCUT2D eigenvalue weighted by atomic mass is 79.9. The molecule has 18 heavy (non-hydrogen) atoms. The number of carbonyl (C=O) groups excluding carboxylic acids is 1. The first-order chi connectivity index (χ1) is 8.60. The van der Waals surface area contributed by atoms with Crippen LogP contribution >= 0.6 is 27.3 Å². The van der Waals surface area contributed by atoms with Crippen molar-refractivity contribution in [2.45, 2.75) is 6.92 Å². The molecule has 0 radical (unpaired) electrons. The molecule has 2 rings (SSSR count). The van der Waals surface area contributed by atoms with Crippen LogP contribution in [0.1, 0.15) is 15.2 Å². The van der Waals surface area contributed by atoms with E-state index in [9.17, 15) is 4.79 Å². The van der Waals surface area contributed by atoms with Gasteiger partial charge in [-0.2, -0.15) is 0 Å². The van der Waals surface area contributed by atoms with Crippen molar-refractivity contribution in [3.8, 4) is 5.75 Å². The molecule has 0 aliphatic rings. The SMILES string of the molecule is COc1csc(C(=O)Nc2ncc(Br)cc2C)c1. The van der Waals surface area contributed by atoms with Gasteiger partial charge in [0.05, 0.1) is 12.0 Å². The Morgan fingerprint density at radius 3 is 2.89 bits per heavy atom. The molecule has 0 fully saturated rings. The Hall–Kier alpha value is -1.40. The monoisotopic (exact) mass is 326 g/mol. The van der Waals surface area contributed by atoms with Crippen molar-refractivity contribution in [1.82, 2.24) is 4.98 Å². The molecule has 0 saturated heterocycles. The highest BCUT2D eigenvalue weighted by Crippen LogP contribution is 2.23. The molecule has 0 spiro atoms. The van der Waals surface area contributed by atoms with E-state index >= 15 is 0 Å². The predicted octanol–water partition coefficient (Wildman–Crippen LogP) is 3.47. The van der Waals surface area contributed by atoms with Gasteiger partial charge in [0.2, 0.25) is 0 Å². The molecule has 2 aromatic heterocycles. The van der Waals surface area contributed by atoms with Crippen LogP contribution in [0.5, 0.6) is 5.75 Å². The van der Waals surface area contributed by atoms with Gasteiger partial charge in [-0.1, -0.05) is 0 Å². The van der Waals surface area contributed by atoms with Crippen molar-refractivity contribution < 1.29 is 9.53 Å². The van der Waals surface area contributed by atoms with Gasteiger partial charge in [-0.3, -0.25) is 4.79 Å². The number of ether oxygens (including phenoxy) is 1. The summed E-state index contributed by atoms with van der Waals surface area (Å²) in [5, 5.41) is 4.56. The van der Waals surface area contributed by atoms with Gasteiger partial charge in [-0.15, -0.1) is 11.3 Å². The zero-order valence-corrected chi connectivity index (χ0v) is 12.3. The summed E-state index contributed by atoms with van der Waals surface area (Å²) in [7, 11) is 1.57. The number of carbonyl (C=O) groups is 1. The molecule has 0 aliphatic heterocycles. The topological polar surface area (TPSA) is 51.2 Å². The molecule has 0 unspecified atom stereocenters. The van der Waals surface area contributed by atoms with Crippen LogP contribution in [0.3, 0.4) is 0 Å². The predicted molar refractivity (Wildman–Crippen MR) is 75.5 cm³/mol. The first-order valence-corrected chi connectivity index (χ1v) is 6.83. The van der Waals surface area contributed by atoms with E-state index in [1.807, 2.05) is 13.0 Å². The number of anilines is 1. The smallest absolute Gasteiger partial charge is 0.267 e. The van der Waals surface area contributed by atoms with E-state index < -0.39 is 0 Å². The average molecular weight is 327 g/mol. The second-order valence-corrected chi connectivity index (χ2v) is 5.45. The average Bonchev–Trinajstić information content (AvgIpc) is 2.81. The van der Waals surface area contributed by atoms with E-state index in [1.165, 1.54) is 11.3 Å². The van der Waals surface area contributed by atoms with Crippen molar-refractivity contribution in [1.29, 1.82) is 0 Å². The number of thiophene rings is 1. The van der Waals surface area contributed by atoms with Gasteiger partial charge in [-0.25, -0.2) is 4.98 Å². The fraction of sp³-hybridized carbons (Fsp3) is 0.167. The summed E-state index contributed by atoms with van der Waals surface area (Å²) < 4.78 is 5.93. The zero-order chi connectivity index (χ0) is 13.1. The summed E-state index contributed by atoms with van der Waals surface area (Å²) in [6.45, 7) is 1.89. The lowest BCUT2D eigenvalue weighted by Gasteiger charge is -2.06. The molecular formula is C12H11BrN2O2S. The fourth-order valence-electron chi connectivity index (χ4n) is 1.39. The first kappa shape index (κ1) is 13.0. The zero-order valence-electron chi connectivity index (χ0n) is 9.86. The summed E-state index contributed by atoms with van der Waals surface area (Å²) in [5.74, 6) is 1.07. The number of amides is 1. The van der Waals surface area contributed by atoms with Crippen molar-refractivity contribution >= 4 is 39.0 Å². The number of hydrogen-bond donors (Lipinski definition) is 1. The lowest BCUT2D eigenvalue weighted by molar-refractivity contribution is 0.103. The molecule has 1 amide bonds. The van der Waals surface area contributed by atoms with Gasteiger partial charge >= 0.3 is 0 Å². The van der Waals surface area contributed by atoms with E-state index in [2.05, 4.69) is 26.2 Å². The van der Waals surface area contributed by atoms with Crippen LogP contribution in [0.4, 0.5) is 5.82 Å². The summed E-state index contributed by atoms with van der Waals surface area (Å²) in [6, 6.07) is 3.60. The van der Waals surface area contributed by atoms with Crippen molar-refractivity contribution in [3.63, 3.8) is 0 Å². The second kappa shape index (κ2) is 5.49. The van der Waals surface area contributed by atoms with Crippen LogP contribution in [-0.2, 0) is 0 Å². The molecule has 94 valence electrons. The Kier molecular flexibility index (Phi) is 3.98. The van der Waals surface area contributed by atoms with E-state index in [1.54, 1.807) is 24.8 Å². The number of halogens is 1. The van der Waals surface area contributed by atoms with Gasteiger partial charge < -0.3 is 10.1 Å². The molecule has 4 nitrogen and oxygen atoms in total. The van der Waals surface area contributed by atoms with Crippen molar-refractivity contribution in [3.05, 3.63) is 38.6 Å². The fourth-order valence-corrected chi connectivity index (χ4v) is 2.58. The number of aromatic nitrogens is 1. The molecule has 6 heteroatoms. The Morgan fingerprint density at radius 1 is 1.50 bits per heavy atom. The quantitative estimate of drug-likeness (QED) is 0.939. The Morgan fingerprint density at radius 2 is 2.28 bits per heavy atom. The number of hydrogen-bond acceptors (Lipinski definition) is 4. The first-order valence-electron chi connectivity index (χ1n) is 5.16. The third-order valence-corrected chi connectivity index (χ3v) is 3.65. The van der Waals surface area contributed by atoms with Gasteiger partial charge in [-0.05, 0) is 34.5 Å². The third kappa shape index (κ3) is 2.88. The Bertz CT molecular complexity index is 583. The largest absolute Gasteiger partial charge is 0.496 e. The number of pyridine rings is 1. The summed E-state index contributed by atoms with van der Waals surface area (Å²) in [4.78, 5) is 16.7. The highest BCUT2D eigenvalue weighted by Gasteiger charge is 2.11. The minimum Gasteiger partial charge on any atom is -0.496 e. The Labute approximate surface area is 117 Å². The maximum Gasteiger partial charge on any atom is 0.267 e. The van der Waals surface area contributed by atoms with Gasteiger partial charge in [0.1, 0.15) is 11.6 Å². The maximum absolute atomic E-state index is 12.0. The van der Waals surface area contributed by atoms with Crippen molar-refractivity contribution in [2.75, 3.05) is 12.4 Å². The number of methoxy groups -OCH3 is 1. The van der Waals surface area contributed by atoms with E-state index in [4.69, 9.17) is 4.74 Å². The number of nitrogens with one attached hydrogen (secondary N) is 1.